The fourth-order valence-electron chi connectivity index (χ4n) is 2.26. The maximum atomic E-state index is 12.5. The van der Waals surface area contributed by atoms with Gasteiger partial charge >= 0.3 is 0 Å². The molecular formula is C18H16N2O3S. The maximum absolute atomic E-state index is 12.5. The largest absolute Gasteiger partial charge is 0.431 e. The van der Waals surface area contributed by atoms with Crippen molar-refractivity contribution in [1.29, 1.82) is 0 Å². The molecule has 2 aromatic carbocycles. The lowest BCUT2D eigenvalue weighted by Crippen LogP contribution is -2.13. The van der Waals surface area contributed by atoms with Gasteiger partial charge < -0.3 is 9.73 Å². The van der Waals surface area contributed by atoms with Crippen LogP contribution < -0.4 is 5.32 Å². The first-order chi connectivity index (χ1) is 11.5. The number of anilines is 1. The Morgan fingerprint density at radius 3 is 2.50 bits per heavy atom. The van der Waals surface area contributed by atoms with Crippen LogP contribution in [0.5, 0.6) is 0 Å². The second-order valence-electron chi connectivity index (χ2n) is 5.33. The fraction of sp³-hybridized carbons (Fsp3) is 0.167. The SMILES string of the molecule is CC(=O)Nc1ccc(C(=O)[C@H](C)Sc2nc3ccccc3o2)cc1. The number of ketones is 1. The molecule has 1 N–H and O–H groups in total. The van der Waals surface area contributed by atoms with E-state index in [1.165, 1.54) is 18.7 Å². The molecule has 1 atom stereocenters. The average molecular weight is 340 g/mol. The van der Waals surface area contributed by atoms with Crippen LogP contribution in [0.2, 0.25) is 0 Å². The fourth-order valence-corrected chi connectivity index (χ4v) is 3.10. The summed E-state index contributed by atoms with van der Waals surface area (Å²) in [5.74, 6) is -0.161. The molecule has 5 nitrogen and oxygen atoms in total. The predicted octanol–water partition coefficient (Wildman–Crippen LogP) is 4.15. The molecule has 0 aliphatic rings. The number of aromatic nitrogens is 1. The quantitative estimate of drug-likeness (QED) is 0.558. The number of carbonyl (C=O) groups is 2. The zero-order chi connectivity index (χ0) is 17.1. The molecule has 6 heteroatoms. The summed E-state index contributed by atoms with van der Waals surface area (Å²) >= 11 is 1.29. The van der Waals surface area contributed by atoms with Gasteiger partial charge in [0.05, 0.1) is 5.25 Å². The molecule has 3 aromatic rings. The summed E-state index contributed by atoms with van der Waals surface area (Å²) in [5, 5.41) is 2.82. The molecule has 0 bridgehead atoms. The molecule has 0 aliphatic carbocycles. The summed E-state index contributed by atoms with van der Waals surface area (Å²) in [6, 6.07) is 14.3. The molecule has 1 aromatic heterocycles. The van der Waals surface area contributed by atoms with E-state index in [0.717, 1.165) is 5.52 Å². The third-order valence-electron chi connectivity index (χ3n) is 3.41. The number of thioether (sulfide) groups is 1. The van der Waals surface area contributed by atoms with Crippen LogP contribution in [-0.4, -0.2) is 21.9 Å². The summed E-state index contributed by atoms with van der Waals surface area (Å²) < 4.78 is 5.64. The van der Waals surface area contributed by atoms with E-state index in [1.54, 1.807) is 24.3 Å². The number of benzene rings is 2. The van der Waals surface area contributed by atoms with Gasteiger partial charge in [-0.05, 0) is 43.3 Å². The van der Waals surface area contributed by atoms with Crippen LogP contribution in [0.15, 0.2) is 58.2 Å². The second kappa shape index (κ2) is 6.88. The lowest BCUT2D eigenvalue weighted by molar-refractivity contribution is -0.114. The van der Waals surface area contributed by atoms with Crippen LogP contribution in [-0.2, 0) is 4.79 Å². The van der Waals surface area contributed by atoms with E-state index < -0.39 is 0 Å². The van der Waals surface area contributed by atoms with Crippen molar-refractivity contribution in [2.75, 3.05) is 5.32 Å². The molecule has 24 heavy (non-hydrogen) atoms. The Morgan fingerprint density at radius 2 is 1.83 bits per heavy atom. The Labute approximate surface area is 143 Å². The van der Waals surface area contributed by atoms with Gasteiger partial charge in [-0.15, -0.1) is 0 Å². The summed E-state index contributed by atoms with van der Waals surface area (Å²) in [4.78, 5) is 27.9. The number of carbonyl (C=O) groups excluding carboxylic acids is 2. The van der Waals surface area contributed by atoms with Crippen molar-refractivity contribution in [2.45, 2.75) is 24.3 Å². The van der Waals surface area contributed by atoms with Crippen molar-refractivity contribution in [3.8, 4) is 0 Å². The first-order valence-electron chi connectivity index (χ1n) is 7.47. The highest BCUT2D eigenvalue weighted by Crippen LogP contribution is 2.28. The van der Waals surface area contributed by atoms with Gasteiger partial charge in [0.2, 0.25) is 5.91 Å². The number of nitrogens with zero attached hydrogens (tertiary/aromatic N) is 1. The standard InChI is InChI=1S/C18H16N2O3S/c1-11(24-18-20-15-5-3-4-6-16(15)23-18)17(22)13-7-9-14(10-8-13)19-12(2)21/h3-11H,1-2H3,(H,19,21)/t11-/m0/s1. The molecule has 1 amide bonds. The smallest absolute Gasteiger partial charge is 0.257 e. The number of amides is 1. The van der Waals surface area contributed by atoms with E-state index >= 15 is 0 Å². The van der Waals surface area contributed by atoms with Crippen LogP contribution in [0.1, 0.15) is 24.2 Å². The minimum absolute atomic E-state index is 0.0170. The number of rotatable bonds is 5. The highest BCUT2D eigenvalue weighted by atomic mass is 32.2. The third kappa shape index (κ3) is 3.65. The van der Waals surface area contributed by atoms with E-state index in [0.29, 0.717) is 22.1 Å². The molecule has 0 unspecified atom stereocenters. The molecule has 0 aliphatic heterocycles. The number of nitrogens with one attached hydrogen (secondary N) is 1. The van der Waals surface area contributed by atoms with Crippen LogP contribution in [0.3, 0.4) is 0 Å². The van der Waals surface area contributed by atoms with Crippen molar-refractivity contribution in [3.63, 3.8) is 0 Å². The van der Waals surface area contributed by atoms with Crippen LogP contribution >= 0.6 is 11.8 Å². The van der Waals surface area contributed by atoms with E-state index in [1.807, 2.05) is 31.2 Å². The monoisotopic (exact) mass is 340 g/mol. The molecule has 0 saturated carbocycles. The predicted molar refractivity (Wildman–Crippen MR) is 94.4 cm³/mol. The van der Waals surface area contributed by atoms with E-state index in [2.05, 4.69) is 10.3 Å². The van der Waals surface area contributed by atoms with E-state index in [4.69, 9.17) is 4.42 Å². The molecule has 0 saturated heterocycles. The Hall–Kier alpha value is -2.60. The minimum Gasteiger partial charge on any atom is -0.431 e. The molecular weight excluding hydrogens is 324 g/mol. The van der Waals surface area contributed by atoms with Crippen molar-refractivity contribution in [1.82, 2.24) is 4.98 Å². The van der Waals surface area contributed by atoms with Gasteiger partial charge in [0, 0.05) is 18.2 Å². The van der Waals surface area contributed by atoms with Crippen molar-refractivity contribution >= 4 is 40.2 Å². The van der Waals surface area contributed by atoms with E-state index in [9.17, 15) is 9.59 Å². The summed E-state index contributed by atoms with van der Waals surface area (Å²) in [7, 11) is 0. The first kappa shape index (κ1) is 16.3. The summed E-state index contributed by atoms with van der Waals surface area (Å²) in [6.45, 7) is 3.27. The number of oxazole rings is 1. The van der Waals surface area contributed by atoms with Gasteiger partial charge in [0.25, 0.3) is 5.22 Å². The number of para-hydroxylation sites is 2. The van der Waals surface area contributed by atoms with Gasteiger partial charge in [-0.25, -0.2) is 4.98 Å². The Bertz CT molecular complexity index is 854. The van der Waals surface area contributed by atoms with Gasteiger partial charge in [-0.2, -0.15) is 0 Å². The van der Waals surface area contributed by atoms with Crippen molar-refractivity contribution in [2.24, 2.45) is 0 Å². The summed E-state index contributed by atoms with van der Waals surface area (Å²) in [6.07, 6.45) is 0. The summed E-state index contributed by atoms with van der Waals surface area (Å²) in [5.41, 5.74) is 2.73. The molecule has 0 radical (unpaired) electrons. The van der Waals surface area contributed by atoms with Gasteiger partial charge in [0.15, 0.2) is 11.4 Å². The minimum atomic E-state index is -0.329. The molecule has 0 fully saturated rings. The number of fused-ring (bicyclic) bond motifs is 1. The molecule has 3 rings (SSSR count). The third-order valence-corrected chi connectivity index (χ3v) is 4.35. The molecule has 122 valence electrons. The van der Waals surface area contributed by atoms with Crippen LogP contribution in [0.4, 0.5) is 5.69 Å². The zero-order valence-electron chi connectivity index (χ0n) is 13.3. The highest BCUT2D eigenvalue weighted by molar-refractivity contribution is 8.00. The van der Waals surface area contributed by atoms with Crippen LogP contribution in [0.25, 0.3) is 11.1 Å². The molecule has 1 heterocycles. The van der Waals surface area contributed by atoms with Gasteiger partial charge in [0.1, 0.15) is 5.52 Å². The van der Waals surface area contributed by atoms with E-state index in [-0.39, 0.29) is 16.9 Å². The van der Waals surface area contributed by atoms with Gasteiger partial charge in [-0.3, -0.25) is 9.59 Å². The number of hydrogen-bond acceptors (Lipinski definition) is 5. The number of Topliss-reactive ketones (excluding diaryl/α,β-unsaturated/α-hetero) is 1. The molecule has 0 spiro atoms. The van der Waals surface area contributed by atoms with Crippen LogP contribution in [0, 0.1) is 0 Å². The first-order valence-corrected chi connectivity index (χ1v) is 8.35. The van der Waals surface area contributed by atoms with Gasteiger partial charge in [-0.1, -0.05) is 23.9 Å². The average Bonchev–Trinajstić information content (AvgIpc) is 2.96. The topological polar surface area (TPSA) is 72.2 Å². The maximum Gasteiger partial charge on any atom is 0.257 e. The second-order valence-corrected chi connectivity index (χ2v) is 6.62. The van der Waals surface area contributed by atoms with Crippen molar-refractivity contribution in [3.05, 3.63) is 54.1 Å². The number of hydrogen-bond donors (Lipinski definition) is 1. The zero-order valence-corrected chi connectivity index (χ0v) is 14.1. The lowest BCUT2D eigenvalue weighted by Gasteiger charge is -2.08. The normalized spacial score (nSPS) is 12.1. The highest BCUT2D eigenvalue weighted by Gasteiger charge is 2.19. The lowest BCUT2D eigenvalue weighted by atomic mass is 10.1. The Morgan fingerprint density at radius 1 is 1.12 bits per heavy atom. The van der Waals surface area contributed by atoms with Crippen molar-refractivity contribution < 1.29 is 14.0 Å². The Kier molecular flexibility index (Phi) is 4.66. The Balaban J connectivity index is 1.70.